The van der Waals surface area contributed by atoms with E-state index in [0.717, 1.165) is 16.9 Å². The van der Waals surface area contributed by atoms with Crippen LogP contribution < -0.4 is 4.90 Å². The normalized spacial score (nSPS) is 19.9. The fraction of sp³-hybridized carbons (Fsp3) is 0.286. The monoisotopic (exact) mass is 427 g/mol. The molecule has 0 aromatic heterocycles. The fourth-order valence-electron chi connectivity index (χ4n) is 5.11. The molecule has 0 bridgehead atoms. The van der Waals surface area contributed by atoms with Crippen LogP contribution >= 0.6 is 0 Å². The summed E-state index contributed by atoms with van der Waals surface area (Å²) in [6.07, 6.45) is 10.3. The van der Waals surface area contributed by atoms with Crippen molar-refractivity contribution in [1.82, 2.24) is 0 Å². The van der Waals surface area contributed by atoms with E-state index in [4.69, 9.17) is 0 Å². The van der Waals surface area contributed by atoms with Crippen LogP contribution in [-0.2, 0) is 15.6 Å². The maximum atomic E-state index is 11.5. The number of para-hydroxylation sites is 2. The van der Waals surface area contributed by atoms with Gasteiger partial charge in [-0.15, -0.1) is 0 Å². The molecule has 2 aromatic carbocycles. The Labute approximate surface area is 190 Å². The van der Waals surface area contributed by atoms with Gasteiger partial charge in [0, 0.05) is 34.5 Å². The minimum Gasteiger partial charge on any atom is -0.480 e. The Hall–Kier alpha value is -3.40. The lowest BCUT2D eigenvalue weighted by atomic mass is 9.81. The van der Waals surface area contributed by atoms with Gasteiger partial charge < -0.3 is 10.0 Å². The number of carboxylic acid groups (broad SMARTS) is 1. The van der Waals surface area contributed by atoms with Crippen molar-refractivity contribution in [3.8, 4) is 0 Å². The van der Waals surface area contributed by atoms with Gasteiger partial charge in [0.05, 0.1) is 5.41 Å². The van der Waals surface area contributed by atoms with E-state index < -0.39 is 5.97 Å². The Bertz CT molecular complexity index is 1200. The van der Waals surface area contributed by atoms with Crippen LogP contribution in [0.25, 0.3) is 0 Å². The number of carbonyl (C=O) groups is 1. The highest BCUT2D eigenvalue weighted by Crippen LogP contribution is 2.47. The topological polar surface area (TPSA) is 43.5 Å². The maximum Gasteiger partial charge on any atom is 0.323 e. The minimum absolute atomic E-state index is 0.0505. The molecular formula is C28H31N2O2+. The van der Waals surface area contributed by atoms with Crippen LogP contribution in [0.15, 0.2) is 84.6 Å². The zero-order chi connectivity index (χ0) is 23.1. The second kappa shape index (κ2) is 7.94. The van der Waals surface area contributed by atoms with Crippen molar-refractivity contribution in [2.45, 2.75) is 38.5 Å². The first-order valence-corrected chi connectivity index (χ1v) is 11.0. The second-order valence-corrected chi connectivity index (χ2v) is 9.50. The predicted octanol–water partition coefficient (Wildman–Crippen LogP) is 5.57. The summed E-state index contributed by atoms with van der Waals surface area (Å²) >= 11 is 0. The van der Waals surface area contributed by atoms with Crippen molar-refractivity contribution in [3.05, 3.63) is 95.7 Å². The van der Waals surface area contributed by atoms with Crippen molar-refractivity contribution >= 4 is 23.1 Å². The summed E-state index contributed by atoms with van der Waals surface area (Å²) in [5.41, 5.74) is 6.63. The molecule has 0 unspecified atom stereocenters. The number of carboxylic acids is 1. The van der Waals surface area contributed by atoms with E-state index in [9.17, 15) is 9.90 Å². The first-order chi connectivity index (χ1) is 15.2. The maximum absolute atomic E-state index is 11.5. The number of benzene rings is 2. The summed E-state index contributed by atoms with van der Waals surface area (Å²) in [4.78, 5) is 13.4. The predicted molar refractivity (Wildman–Crippen MR) is 131 cm³/mol. The third kappa shape index (κ3) is 3.50. The van der Waals surface area contributed by atoms with Crippen molar-refractivity contribution in [3.63, 3.8) is 0 Å². The van der Waals surface area contributed by atoms with E-state index in [-0.39, 0.29) is 17.4 Å². The third-order valence-corrected chi connectivity index (χ3v) is 6.76. The molecule has 0 fully saturated rings. The van der Waals surface area contributed by atoms with Crippen LogP contribution in [0.5, 0.6) is 0 Å². The van der Waals surface area contributed by atoms with E-state index >= 15 is 0 Å². The SMILES string of the molecule is C[N+]1=C(C=CC=CC=C2N(CC(=O)O)c3ccccc3C2(C)C)C(C)(C)c2ccccc21. The molecule has 2 heterocycles. The van der Waals surface area contributed by atoms with Gasteiger partial charge in [-0.1, -0.05) is 68.5 Å². The van der Waals surface area contributed by atoms with Gasteiger partial charge in [-0.2, -0.15) is 4.58 Å². The molecule has 4 nitrogen and oxygen atoms in total. The molecule has 0 spiro atoms. The number of fused-ring (bicyclic) bond motifs is 2. The molecule has 164 valence electrons. The van der Waals surface area contributed by atoms with Crippen LogP contribution in [-0.4, -0.2) is 35.0 Å². The summed E-state index contributed by atoms with van der Waals surface area (Å²) in [6.45, 7) is 8.75. The standard InChI is InChI=1S/C28H30N2O2/c1-27(2)20-13-9-11-15-22(20)29(5)24(27)17-7-6-8-18-25-28(3,4)21-14-10-12-16-23(21)30(25)19-26(31)32/h6-18H,19H2,1-5H3/p+1. The van der Waals surface area contributed by atoms with E-state index in [1.807, 2.05) is 41.3 Å². The van der Waals surface area contributed by atoms with Gasteiger partial charge in [0.15, 0.2) is 5.71 Å². The Morgan fingerprint density at radius 3 is 2.28 bits per heavy atom. The Kier molecular flexibility index (Phi) is 5.41. The molecule has 2 aromatic rings. The Morgan fingerprint density at radius 2 is 1.59 bits per heavy atom. The molecule has 0 saturated carbocycles. The molecule has 0 radical (unpaired) electrons. The van der Waals surface area contributed by atoms with Crippen LogP contribution in [0.1, 0.15) is 38.8 Å². The summed E-state index contributed by atoms with van der Waals surface area (Å²) in [6, 6.07) is 16.6. The molecule has 2 aliphatic heterocycles. The first-order valence-electron chi connectivity index (χ1n) is 11.0. The van der Waals surface area contributed by atoms with E-state index in [1.165, 1.54) is 17.0 Å². The lowest BCUT2D eigenvalue weighted by Gasteiger charge is -2.25. The van der Waals surface area contributed by atoms with Gasteiger partial charge in [0.2, 0.25) is 5.69 Å². The number of aliphatic carboxylic acids is 1. The molecule has 4 rings (SSSR count). The molecular weight excluding hydrogens is 396 g/mol. The molecule has 32 heavy (non-hydrogen) atoms. The number of hydrogen-bond acceptors (Lipinski definition) is 2. The van der Waals surface area contributed by atoms with Gasteiger partial charge in [-0.25, -0.2) is 0 Å². The largest absolute Gasteiger partial charge is 0.480 e. The summed E-state index contributed by atoms with van der Waals surface area (Å²) in [5.74, 6) is -0.838. The fourth-order valence-corrected chi connectivity index (χ4v) is 5.11. The van der Waals surface area contributed by atoms with Gasteiger partial charge >= 0.3 is 5.97 Å². The molecule has 1 N–H and O–H groups in total. The smallest absolute Gasteiger partial charge is 0.323 e. The van der Waals surface area contributed by atoms with Crippen LogP contribution in [0.2, 0.25) is 0 Å². The minimum atomic E-state index is -0.838. The highest BCUT2D eigenvalue weighted by atomic mass is 16.4. The molecule has 0 saturated heterocycles. The Balaban J connectivity index is 1.60. The van der Waals surface area contributed by atoms with Gasteiger partial charge in [0.1, 0.15) is 13.6 Å². The van der Waals surface area contributed by atoms with Crippen LogP contribution in [0.3, 0.4) is 0 Å². The van der Waals surface area contributed by atoms with Crippen LogP contribution in [0.4, 0.5) is 11.4 Å². The van der Waals surface area contributed by atoms with Crippen LogP contribution in [0, 0.1) is 0 Å². The van der Waals surface area contributed by atoms with Gasteiger partial charge in [-0.3, -0.25) is 4.79 Å². The number of allylic oxidation sites excluding steroid dienone is 6. The van der Waals surface area contributed by atoms with E-state index in [1.54, 1.807) is 0 Å². The average Bonchev–Trinajstić information content (AvgIpc) is 3.08. The molecule has 0 atom stereocenters. The van der Waals surface area contributed by atoms with E-state index in [2.05, 4.69) is 81.8 Å². The van der Waals surface area contributed by atoms with Gasteiger partial charge in [0.25, 0.3) is 0 Å². The highest BCUT2D eigenvalue weighted by molar-refractivity contribution is 6.03. The lowest BCUT2D eigenvalue weighted by molar-refractivity contribution is -0.401. The zero-order valence-corrected chi connectivity index (χ0v) is 19.5. The van der Waals surface area contributed by atoms with Crippen molar-refractivity contribution in [1.29, 1.82) is 0 Å². The van der Waals surface area contributed by atoms with E-state index in [0.29, 0.717) is 0 Å². The number of anilines is 1. The number of rotatable bonds is 5. The quantitative estimate of drug-likeness (QED) is 0.501. The number of nitrogens with zero attached hydrogens (tertiary/aromatic N) is 2. The zero-order valence-electron chi connectivity index (χ0n) is 19.5. The Morgan fingerprint density at radius 1 is 0.938 bits per heavy atom. The summed E-state index contributed by atoms with van der Waals surface area (Å²) < 4.78 is 2.25. The molecule has 4 heteroatoms. The third-order valence-electron chi connectivity index (χ3n) is 6.76. The van der Waals surface area contributed by atoms with Crippen molar-refractivity contribution in [2.75, 3.05) is 18.5 Å². The summed E-state index contributed by atoms with van der Waals surface area (Å²) in [5, 5.41) is 9.46. The molecule has 0 aliphatic carbocycles. The van der Waals surface area contributed by atoms with Gasteiger partial charge in [-0.05, 0) is 31.6 Å². The second-order valence-electron chi connectivity index (χ2n) is 9.50. The number of hydrogen-bond donors (Lipinski definition) is 1. The molecule has 0 amide bonds. The highest BCUT2D eigenvalue weighted by Gasteiger charge is 2.42. The summed E-state index contributed by atoms with van der Waals surface area (Å²) in [7, 11) is 2.11. The first kappa shape index (κ1) is 21.8. The molecule has 2 aliphatic rings. The van der Waals surface area contributed by atoms with Crippen molar-refractivity contribution in [2.24, 2.45) is 0 Å². The van der Waals surface area contributed by atoms with Crippen molar-refractivity contribution < 1.29 is 14.5 Å². The average molecular weight is 428 g/mol. The lowest BCUT2D eigenvalue weighted by Crippen LogP contribution is -2.30.